The number of nitrogens with one attached hydrogen (secondary N) is 1. The molecule has 1 N–H and O–H groups in total. The Morgan fingerprint density at radius 2 is 1.88 bits per heavy atom. The fraction of sp³-hybridized carbons (Fsp3) is 0.0833. The molecule has 0 bridgehead atoms. The summed E-state index contributed by atoms with van der Waals surface area (Å²) in [4.78, 5) is 16.2. The maximum absolute atomic E-state index is 13.5. The van der Waals surface area contributed by atoms with E-state index in [-0.39, 0.29) is 5.82 Å². The van der Waals surface area contributed by atoms with E-state index >= 15 is 0 Å². The monoisotopic (exact) mass is 219 g/mol. The summed E-state index contributed by atoms with van der Waals surface area (Å²) in [5.74, 6) is -0.733. The van der Waals surface area contributed by atoms with Gasteiger partial charge >= 0.3 is 0 Å². The van der Waals surface area contributed by atoms with Crippen molar-refractivity contribution in [3.63, 3.8) is 0 Å². The van der Waals surface area contributed by atoms with Crippen LogP contribution >= 0.6 is 0 Å². The molecule has 2 rings (SSSR count). The summed E-state index contributed by atoms with van der Waals surface area (Å²) >= 11 is 0. The van der Waals surface area contributed by atoms with E-state index in [1.807, 2.05) is 0 Å². The molecule has 0 radical (unpaired) electrons. The molecule has 4 heteroatoms. The van der Waals surface area contributed by atoms with Crippen LogP contribution in [0.1, 0.15) is 10.4 Å². The van der Waals surface area contributed by atoms with Crippen LogP contribution in [-0.4, -0.2) is 13.0 Å². The average Bonchev–Trinajstić information content (AvgIpc) is 2.30. The molecule has 0 spiro atoms. The molecule has 3 nitrogen and oxygen atoms in total. The first-order valence-electron chi connectivity index (χ1n) is 4.74. The fourth-order valence-electron chi connectivity index (χ4n) is 1.61. The number of amides is 1. The molecule has 0 saturated carbocycles. The molecular formula is C12H10FNO2. The Labute approximate surface area is 91.8 Å². The quantitative estimate of drug-likeness (QED) is 0.787. The zero-order valence-corrected chi connectivity index (χ0v) is 8.66. The molecule has 0 aromatic heterocycles. The molecule has 0 aliphatic rings. The summed E-state index contributed by atoms with van der Waals surface area (Å²) in [6.45, 7) is 0. The second-order valence-corrected chi connectivity index (χ2v) is 3.28. The maximum Gasteiger partial charge on any atom is 0.275 e. The van der Waals surface area contributed by atoms with Gasteiger partial charge in [0.15, 0.2) is 0 Å². The third-order valence-electron chi connectivity index (χ3n) is 2.31. The largest absolute Gasteiger partial charge is 0.277 e. The van der Waals surface area contributed by atoms with Gasteiger partial charge in [-0.3, -0.25) is 9.63 Å². The van der Waals surface area contributed by atoms with Crippen molar-refractivity contribution in [2.24, 2.45) is 0 Å². The molecule has 0 saturated heterocycles. The van der Waals surface area contributed by atoms with Gasteiger partial charge in [0, 0.05) is 10.9 Å². The Bertz CT molecular complexity index is 540. The van der Waals surface area contributed by atoms with Crippen LogP contribution in [0.3, 0.4) is 0 Å². The molecule has 1 amide bonds. The van der Waals surface area contributed by atoms with Crippen molar-refractivity contribution >= 4 is 16.7 Å². The van der Waals surface area contributed by atoms with E-state index in [1.165, 1.54) is 19.2 Å². The summed E-state index contributed by atoms with van der Waals surface area (Å²) in [5, 5.41) is 0.989. The highest BCUT2D eigenvalue weighted by atomic mass is 19.1. The molecule has 16 heavy (non-hydrogen) atoms. The lowest BCUT2D eigenvalue weighted by Crippen LogP contribution is -2.22. The SMILES string of the molecule is CONC(=O)c1ccc(F)c2ccccc12. The number of hydrogen-bond donors (Lipinski definition) is 1. The number of fused-ring (bicyclic) bond motifs is 1. The number of carbonyl (C=O) groups is 1. The smallest absolute Gasteiger partial charge is 0.275 e. The minimum atomic E-state index is -0.390. The Hall–Kier alpha value is -1.94. The Morgan fingerprint density at radius 1 is 1.19 bits per heavy atom. The van der Waals surface area contributed by atoms with Crippen LogP contribution in [-0.2, 0) is 4.84 Å². The van der Waals surface area contributed by atoms with Crippen molar-refractivity contribution in [2.45, 2.75) is 0 Å². The number of hydroxylamine groups is 1. The van der Waals surface area contributed by atoms with E-state index in [1.54, 1.807) is 24.3 Å². The van der Waals surface area contributed by atoms with Gasteiger partial charge < -0.3 is 0 Å². The number of benzene rings is 2. The van der Waals surface area contributed by atoms with E-state index in [4.69, 9.17) is 0 Å². The molecule has 0 fully saturated rings. The van der Waals surface area contributed by atoms with E-state index in [0.29, 0.717) is 16.3 Å². The van der Waals surface area contributed by atoms with Crippen LogP contribution < -0.4 is 5.48 Å². The predicted molar refractivity (Wildman–Crippen MR) is 58.4 cm³/mol. The Balaban J connectivity index is 2.63. The summed E-state index contributed by atoms with van der Waals surface area (Å²) in [5.41, 5.74) is 2.60. The second-order valence-electron chi connectivity index (χ2n) is 3.28. The molecule has 0 heterocycles. The van der Waals surface area contributed by atoms with E-state index < -0.39 is 5.91 Å². The van der Waals surface area contributed by atoms with Crippen LogP contribution in [0.15, 0.2) is 36.4 Å². The normalized spacial score (nSPS) is 10.4. The van der Waals surface area contributed by atoms with Crippen LogP contribution in [0, 0.1) is 5.82 Å². The summed E-state index contributed by atoms with van der Waals surface area (Å²) < 4.78 is 13.5. The molecule has 2 aromatic rings. The fourth-order valence-corrected chi connectivity index (χ4v) is 1.61. The summed E-state index contributed by atoms with van der Waals surface area (Å²) in [6.07, 6.45) is 0. The van der Waals surface area contributed by atoms with Crippen molar-refractivity contribution in [3.05, 3.63) is 47.8 Å². The standard InChI is InChI=1S/C12H10FNO2/c1-16-14-12(15)10-6-7-11(13)9-5-3-2-4-8(9)10/h2-7H,1H3,(H,14,15). The first kappa shape index (κ1) is 10.6. The number of halogens is 1. The van der Waals surface area contributed by atoms with Gasteiger partial charge in [-0.25, -0.2) is 9.87 Å². The van der Waals surface area contributed by atoms with Gasteiger partial charge in [-0.15, -0.1) is 0 Å². The lowest BCUT2D eigenvalue weighted by Gasteiger charge is -2.06. The summed E-state index contributed by atoms with van der Waals surface area (Å²) in [7, 11) is 1.35. The molecule has 2 aromatic carbocycles. The highest BCUT2D eigenvalue weighted by Gasteiger charge is 2.11. The highest BCUT2D eigenvalue weighted by Crippen LogP contribution is 2.21. The maximum atomic E-state index is 13.5. The molecule has 0 unspecified atom stereocenters. The third kappa shape index (κ3) is 1.75. The molecule has 0 atom stereocenters. The van der Waals surface area contributed by atoms with Crippen molar-refractivity contribution in [1.82, 2.24) is 5.48 Å². The van der Waals surface area contributed by atoms with E-state index in [2.05, 4.69) is 10.3 Å². The molecule has 82 valence electrons. The Morgan fingerprint density at radius 3 is 2.56 bits per heavy atom. The third-order valence-corrected chi connectivity index (χ3v) is 2.31. The minimum absolute atomic E-state index is 0.343. The highest BCUT2D eigenvalue weighted by molar-refractivity contribution is 6.06. The number of carbonyl (C=O) groups excluding carboxylic acids is 1. The van der Waals surface area contributed by atoms with Crippen LogP contribution in [0.2, 0.25) is 0 Å². The van der Waals surface area contributed by atoms with Crippen molar-refractivity contribution < 1.29 is 14.0 Å². The molecule has 0 aliphatic heterocycles. The number of hydrogen-bond acceptors (Lipinski definition) is 2. The van der Waals surface area contributed by atoms with Crippen molar-refractivity contribution in [2.75, 3.05) is 7.11 Å². The average molecular weight is 219 g/mol. The van der Waals surface area contributed by atoms with Gasteiger partial charge in [-0.05, 0) is 17.5 Å². The first-order chi connectivity index (χ1) is 7.74. The predicted octanol–water partition coefficient (Wildman–Crippen LogP) is 2.27. The van der Waals surface area contributed by atoms with Crippen LogP contribution in [0.5, 0.6) is 0 Å². The summed E-state index contributed by atoms with van der Waals surface area (Å²) in [6, 6.07) is 9.52. The minimum Gasteiger partial charge on any atom is -0.277 e. The van der Waals surface area contributed by atoms with Gasteiger partial charge in [-0.1, -0.05) is 24.3 Å². The lowest BCUT2D eigenvalue weighted by atomic mass is 10.0. The lowest BCUT2D eigenvalue weighted by molar-refractivity contribution is 0.0539. The topological polar surface area (TPSA) is 38.3 Å². The van der Waals surface area contributed by atoms with E-state index in [0.717, 1.165) is 0 Å². The van der Waals surface area contributed by atoms with Crippen molar-refractivity contribution in [3.8, 4) is 0 Å². The Kier molecular flexibility index (Phi) is 2.83. The van der Waals surface area contributed by atoms with E-state index in [9.17, 15) is 9.18 Å². The van der Waals surface area contributed by atoms with Gasteiger partial charge in [0.25, 0.3) is 5.91 Å². The first-order valence-corrected chi connectivity index (χ1v) is 4.74. The number of rotatable bonds is 2. The van der Waals surface area contributed by atoms with Gasteiger partial charge in [0.1, 0.15) is 5.82 Å². The molecular weight excluding hydrogens is 209 g/mol. The molecule has 0 aliphatic carbocycles. The van der Waals surface area contributed by atoms with Crippen LogP contribution in [0.25, 0.3) is 10.8 Å². The second kappa shape index (κ2) is 4.28. The zero-order valence-electron chi connectivity index (χ0n) is 8.66. The van der Waals surface area contributed by atoms with Crippen molar-refractivity contribution in [1.29, 1.82) is 0 Å². The zero-order chi connectivity index (χ0) is 11.5. The van der Waals surface area contributed by atoms with Gasteiger partial charge in [0.05, 0.1) is 7.11 Å². The van der Waals surface area contributed by atoms with Crippen LogP contribution in [0.4, 0.5) is 4.39 Å². The van der Waals surface area contributed by atoms with Gasteiger partial charge in [-0.2, -0.15) is 0 Å². The van der Waals surface area contributed by atoms with Gasteiger partial charge in [0.2, 0.25) is 0 Å².